The molecule has 0 spiro atoms. The van der Waals surface area contributed by atoms with Crippen LogP contribution >= 0.6 is 33.9 Å². The standard InChI is InChI=1S/C13H9Cl3O3S/c14-12-6-1-9(7-13(12)15)8-19-10-2-4-11(5-3-10)20(16,17)18/h1-7H,8H2. The zero-order chi connectivity index (χ0) is 14.8. The highest BCUT2D eigenvalue weighted by Gasteiger charge is 2.09. The fraction of sp³-hybridized carbons (Fsp3) is 0.0769. The van der Waals surface area contributed by atoms with Crippen LogP contribution in [0.4, 0.5) is 0 Å². The Balaban J connectivity index is 2.06. The smallest absolute Gasteiger partial charge is 0.261 e. The first-order chi connectivity index (χ1) is 9.36. The van der Waals surface area contributed by atoms with Crippen molar-refractivity contribution in [3.8, 4) is 5.75 Å². The topological polar surface area (TPSA) is 43.4 Å². The number of benzene rings is 2. The van der Waals surface area contributed by atoms with Gasteiger partial charge in [-0.1, -0.05) is 29.3 Å². The average molecular weight is 352 g/mol. The summed E-state index contributed by atoms with van der Waals surface area (Å²) in [5.74, 6) is 0.528. The largest absolute Gasteiger partial charge is 0.489 e. The third-order valence-corrected chi connectivity index (χ3v) is 4.60. The van der Waals surface area contributed by atoms with Gasteiger partial charge < -0.3 is 4.74 Å². The molecule has 0 aliphatic rings. The lowest BCUT2D eigenvalue weighted by molar-refractivity contribution is 0.306. The zero-order valence-corrected chi connectivity index (χ0v) is 13.1. The van der Waals surface area contributed by atoms with Gasteiger partial charge in [-0.15, -0.1) is 0 Å². The highest BCUT2D eigenvalue weighted by Crippen LogP contribution is 2.24. The fourth-order valence-electron chi connectivity index (χ4n) is 1.49. The molecule has 106 valence electrons. The molecule has 20 heavy (non-hydrogen) atoms. The van der Waals surface area contributed by atoms with Crippen molar-refractivity contribution >= 4 is 42.9 Å². The van der Waals surface area contributed by atoms with E-state index in [9.17, 15) is 8.42 Å². The summed E-state index contributed by atoms with van der Waals surface area (Å²) < 4.78 is 27.7. The third kappa shape index (κ3) is 4.03. The fourth-order valence-corrected chi connectivity index (χ4v) is 2.58. The Bertz CT molecular complexity index is 712. The van der Waals surface area contributed by atoms with Crippen LogP contribution in [0.15, 0.2) is 47.4 Å². The van der Waals surface area contributed by atoms with Crippen molar-refractivity contribution in [1.82, 2.24) is 0 Å². The van der Waals surface area contributed by atoms with Gasteiger partial charge in [-0.05, 0) is 42.0 Å². The van der Waals surface area contributed by atoms with Gasteiger partial charge >= 0.3 is 0 Å². The molecule has 7 heteroatoms. The van der Waals surface area contributed by atoms with Crippen LogP contribution in [0.25, 0.3) is 0 Å². The molecule has 0 saturated carbocycles. The number of halogens is 3. The van der Waals surface area contributed by atoms with Crippen LogP contribution in [0.5, 0.6) is 5.75 Å². The van der Waals surface area contributed by atoms with Crippen molar-refractivity contribution in [2.75, 3.05) is 0 Å². The lowest BCUT2D eigenvalue weighted by Crippen LogP contribution is -1.96. The minimum Gasteiger partial charge on any atom is -0.489 e. The second-order valence-corrected chi connectivity index (χ2v) is 7.33. The van der Waals surface area contributed by atoms with Gasteiger partial charge in [-0.3, -0.25) is 0 Å². The molecule has 2 aromatic carbocycles. The van der Waals surface area contributed by atoms with E-state index in [1.54, 1.807) is 18.2 Å². The van der Waals surface area contributed by atoms with Crippen LogP contribution in [0.3, 0.4) is 0 Å². The Kier molecular flexibility index (Phi) is 4.81. The summed E-state index contributed by atoms with van der Waals surface area (Å²) in [4.78, 5) is 0.0288. The lowest BCUT2D eigenvalue weighted by Gasteiger charge is -2.07. The highest BCUT2D eigenvalue weighted by atomic mass is 35.7. The Labute approximate surface area is 131 Å². The lowest BCUT2D eigenvalue weighted by atomic mass is 10.2. The van der Waals surface area contributed by atoms with Crippen LogP contribution < -0.4 is 4.74 Å². The zero-order valence-electron chi connectivity index (χ0n) is 10.0. The molecule has 0 unspecified atom stereocenters. The summed E-state index contributed by atoms with van der Waals surface area (Å²) in [6.07, 6.45) is 0. The first-order valence-corrected chi connectivity index (χ1v) is 8.54. The molecule has 3 nitrogen and oxygen atoms in total. The van der Waals surface area contributed by atoms with Gasteiger partial charge in [0.05, 0.1) is 14.9 Å². The summed E-state index contributed by atoms with van der Waals surface area (Å²) in [7, 11) is 1.51. The van der Waals surface area contributed by atoms with E-state index >= 15 is 0 Å². The van der Waals surface area contributed by atoms with Crippen LogP contribution in [0.1, 0.15) is 5.56 Å². The van der Waals surface area contributed by atoms with Gasteiger partial charge in [-0.2, -0.15) is 0 Å². The van der Waals surface area contributed by atoms with Crippen LogP contribution in [-0.2, 0) is 15.7 Å². The van der Waals surface area contributed by atoms with Crippen molar-refractivity contribution in [2.24, 2.45) is 0 Å². The Morgan fingerprint density at radius 1 is 0.950 bits per heavy atom. The third-order valence-electron chi connectivity index (χ3n) is 2.49. The van der Waals surface area contributed by atoms with Gasteiger partial charge in [0.25, 0.3) is 9.05 Å². The molecule has 0 heterocycles. The summed E-state index contributed by atoms with van der Waals surface area (Å²) in [5.41, 5.74) is 0.855. The predicted molar refractivity (Wildman–Crippen MR) is 80.3 cm³/mol. The van der Waals surface area contributed by atoms with Gasteiger partial charge in [0.1, 0.15) is 12.4 Å². The second-order valence-electron chi connectivity index (χ2n) is 3.95. The molecule has 0 atom stereocenters. The first kappa shape index (κ1) is 15.4. The molecule has 2 rings (SSSR count). The molecule has 0 radical (unpaired) electrons. The van der Waals surface area contributed by atoms with E-state index in [2.05, 4.69) is 0 Å². The average Bonchev–Trinajstić information content (AvgIpc) is 2.40. The summed E-state index contributed by atoms with van der Waals surface area (Å²) >= 11 is 11.7. The summed E-state index contributed by atoms with van der Waals surface area (Å²) in [6, 6.07) is 11.0. The summed E-state index contributed by atoms with van der Waals surface area (Å²) in [6.45, 7) is 0.295. The molecule has 0 aromatic heterocycles. The van der Waals surface area contributed by atoms with E-state index in [1.165, 1.54) is 24.3 Å². The van der Waals surface area contributed by atoms with Crippen LogP contribution in [0, 0.1) is 0 Å². The van der Waals surface area contributed by atoms with Crippen LogP contribution in [0.2, 0.25) is 10.0 Å². The molecule has 0 amide bonds. The number of hydrogen-bond acceptors (Lipinski definition) is 3. The maximum Gasteiger partial charge on any atom is 0.261 e. The Hall–Kier alpha value is -0.940. The normalized spacial score (nSPS) is 11.3. The highest BCUT2D eigenvalue weighted by molar-refractivity contribution is 8.13. The molecule has 0 N–H and O–H groups in total. The summed E-state index contributed by atoms with van der Waals surface area (Å²) in [5, 5.41) is 0.934. The molecular formula is C13H9Cl3O3S. The van der Waals surface area contributed by atoms with E-state index in [0.717, 1.165) is 5.56 Å². The quantitative estimate of drug-likeness (QED) is 0.762. The van der Waals surface area contributed by atoms with E-state index in [-0.39, 0.29) is 4.90 Å². The molecule has 2 aromatic rings. The maximum absolute atomic E-state index is 11.1. The Morgan fingerprint density at radius 3 is 2.15 bits per heavy atom. The predicted octanol–water partition coefficient (Wildman–Crippen LogP) is 4.50. The Morgan fingerprint density at radius 2 is 1.60 bits per heavy atom. The number of hydrogen-bond donors (Lipinski definition) is 0. The first-order valence-electron chi connectivity index (χ1n) is 5.48. The maximum atomic E-state index is 11.1. The molecule has 0 bridgehead atoms. The molecule has 0 saturated heterocycles. The van der Waals surface area contributed by atoms with Crippen molar-refractivity contribution in [2.45, 2.75) is 11.5 Å². The van der Waals surface area contributed by atoms with E-state index in [4.69, 9.17) is 38.6 Å². The number of rotatable bonds is 4. The number of ether oxygens (including phenoxy) is 1. The van der Waals surface area contributed by atoms with Gasteiger partial charge in [0, 0.05) is 10.7 Å². The van der Waals surface area contributed by atoms with Gasteiger partial charge in [-0.25, -0.2) is 8.42 Å². The minimum absolute atomic E-state index is 0.0288. The van der Waals surface area contributed by atoms with E-state index in [0.29, 0.717) is 22.4 Å². The molecule has 0 fully saturated rings. The van der Waals surface area contributed by atoms with Gasteiger partial charge in [0.15, 0.2) is 0 Å². The van der Waals surface area contributed by atoms with Crippen molar-refractivity contribution in [1.29, 1.82) is 0 Å². The van der Waals surface area contributed by atoms with Gasteiger partial charge in [0.2, 0.25) is 0 Å². The van der Waals surface area contributed by atoms with Crippen LogP contribution in [-0.4, -0.2) is 8.42 Å². The van der Waals surface area contributed by atoms with E-state index in [1.807, 2.05) is 0 Å². The molecule has 0 aliphatic carbocycles. The van der Waals surface area contributed by atoms with Crippen molar-refractivity contribution in [3.05, 3.63) is 58.1 Å². The second kappa shape index (κ2) is 6.22. The molecular weight excluding hydrogens is 343 g/mol. The monoisotopic (exact) mass is 350 g/mol. The SMILES string of the molecule is O=S(=O)(Cl)c1ccc(OCc2ccc(Cl)c(Cl)c2)cc1. The van der Waals surface area contributed by atoms with Crippen molar-refractivity contribution < 1.29 is 13.2 Å². The van der Waals surface area contributed by atoms with E-state index < -0.39 is 9.05 Å². The van der Waals surface area contributed by atoms with Crippen molar-refractivity contribution in [3.63, 3.8) is 0 Å². The molecule has 0 aliphatic heterocycles. The minimum atomic E-state index is -3.71.